The fourth-order valence-corrected chi connectivity index (χ4v) is 2.94. The first kappa shape index (κ1) is 13.6. The average Bonchev–Trinajstić information content (AvgIpc) is 2.74. The molecule has 0 bridgehead atoms. The van der Waals surface area contributed by atoms with E-state index in [4.69, 9.17) is 5.73 Å². The number of hydrogen-bond acceptors (Lipinski definition) is 4. The van der Waals surface area contributed by atoms with Crippen LogP contribution in [-0.2, 0) is 23.6 Å². The number of rotatable bonds is 4. The first-order chi connectivity index (χ1) is 8.94. The van der Waals surface area contributed by atoms with Crippen LogP contribution in [0.4, 0.5) is 5.69 Å². The first-order valence-corrected chi connectivity index (χ1v) is 7.21. The molecule has 7 heteroatoms. The molecule has 3 N–H and O–H groups in total. The van der Waals surface area contributed by atoms with Crippen LogP contribution >= 0.6 is 0 Å². The highest BCUT2D eigenvalue weighted by Gasteiger charge is 2.18. The van der Waals surface area contributed by atoms with E-state index in [1.165, 1.54) is 0 Å². The maximum absolute atomic E-state index is 12.2. The Bertz CT molecular complexity index is 692. The highest BCUT2D eigenvalue weighted by atomic mass is 32.2. The minimum absolute atomic E-state index is 0.201. The molecule has 2 aromatic rings. The van der Waals surface area contributed by atoms with Gasteiger partial charge in [0.1, 0.15) is 4.90 Å². The third-order valence-electron chi connectivity index (χ3n) is 2.87. The summed E-state index contributed by atoms with van der Waals surface area (Å²) in [6, 6.07) is 3.19. The van der Waals surface area contributed by atoms with Gasteiger partial charge in [-0.2, -0.15) is 0 Å². The molecule has 19 heavy (non-hydrogen) atoms. The van der Waals surface area contributed by atoms with E-state index in [0.29, 0.717) is 12.2 Å². The fourth-order valence-electron chi connectivity index (χ4n) is 1.72. The highest BCUT2D eigenvalue weighted by molar-refractivity contribution is 7.92. The molecule has 0 aromatic carbocycles. The summed E-state index contributed by atoms with van der Waals surface area (Å²) in [5.74, 6) is 0. The molecule has 2 heterocycles. The Morgan fingerprint density at radius 2 is 2.21 bits per heavy atom. The van der Waals surface area contributed by atoms with E-state index >= 15 is 0 Å². The third-order valence-corrected chi connectivity index (χ3v) is 4.20. The van der Waals surface area contributed by atoms with Gasteiger partial charge in [-0.1, -0.05) is 0 Å². The van der Waals surface area contributed by atoms with E-state index in [2.05, 4.69) is 9.71 Å². The van der Waals surface area contributed by atoms with Gasteiger partial charge in [0.15, 0.2) is 0 Å². The van der Waals surface area contributed by atoms with E-state index < -0.39 is 10.0 Å². The Labute approximate surface area is 112 Å². The number of nitrogens with zero attached hydrogens (tertiary/aromatic N) is 2. The van der Waals surface area contributed by atoms with Crippen LogP contribution in [0, 0.1) is 6.92 Å². The van der Waals surface area contributed by atoms with Gasteiger partial charge in [0.25, 0.3) is 10.0 Å². The Hall–Kier alpha value is -1.86. The number of pyridine rings is 1. The standard InChI is InChI=1S/C12H16N4O2S/c1-9-7-14-4-3-12(9)15-19(17,18)11-5-10(6-13)16(2)8-11/h3-5,7-8H,6,13H2,1-2H3,(H,14,15). The number of anilines is 1. The zero-order valence-corrected chi connectivity index (χ0v) is 11.6. The largest absolute Gasteiger partial charge is 0.352 e. The van der Waals surface area contributed by atoms with Crippen LogP contribution in [-0.4, -0.2) is 18.0 Å². The number of aromatic nitrogens is 2. The summed E-state index contributed by atoms with van der Waals surface area (Å²) in [5, 5.41) is 0. The molecule has 0 saturated heterocycles. The molecule has 0 unspecified atom stereocenters. The molecular weight excluding hydrogens is 264 g/mol. The Balaban J connectivity index is 2.35. The average molecular weight is 280 g/mol. The second kappa shape index (κ2) is 5.02. The van der Waals surface area contributed by atoms with Crippen molar-refractivity contribution in [3.05, 3.63) is 42.0 Å². The van der Waals surface area contributed by atoms with Gasteiger partial charge < -0.3 is 10.3 Å². The van der Waals surface area contributed by atoms with E-state index in [-0.39, 0.29) is 4.90 Å². The van der Waals surface area contributed by atoms with Crippen LogP contribution in [0.1, 0.15) is 11.3 Å². The molecule has 0 saturated carbocycles. The number of hydrogen-bond donors (Lipinski definition) is 2. The first-order valence-electron chi connectivity index (χ1n) is 5.73. The summed E-state index contributed by atoms with van der Waals surface area (Å²) in [5.41, 5.74) is 7.58. The number of sulfonamides is 1. The van der Waals surface area contributed by atoms with Crippen molar-refractivity contribution in [3.63, 3.8) is 0 Å². The third kappa shape index (κ3) is 2.77. The van der Waals surface area contributed by atoms with Crippen molar-refractivity contribution >= 4 is 15.7 Å². The maximum Gasteiger partial charge on any atom is 0.263 e. The summed E-state index contributed by atoms with van der Waals surface area (Å²) in [7, 11) is -1.84. The maximum atomic E-state index is 12.2. The summed E-state index contributed by atoms with van der Waals surface area (Å²) in [6.45, 7) is 2.08. The predicted molar refractivity (Wildman–Crippen MR) is 73.1 cm³/mol. The monoisotopic (exact) mass is 280 g/mol. The molecular formula is C12H16N4O2S. The minimum atomic E-state index is -3.60. The lowest BCUT2D eigenvalue weighted by molar-refractivity contribution is 0.601. The van der Waals surface area contributed by atoms with Gasteiger partial charge in [0, 0.05) is 37.9 Å². The number of nitrogens with one attached hydrogen (secondary N) is 1. The molecule has 0 spiro atoms. The van der Waals surface area contributed by atoms with E-state index in [0.717, 1.165) is 11.3 Å². The summed E-state index contributed by atoms with van der Waals surface area (Å²) >= 11 is 0. The van der Waals surface area contributed by atoms with Crippen molar-refractivity contribution in [1.29, 1.82) is 0 Å². The second-order valence-corrected chi connectivity index (χ2v) is 5.96. The van der Waals surface area contributed by atoms with Crippen molar-refractivity contribution in [2.75, 3.05) is 4.72 Å². The lowest BCUT2D eigenvalue weighted by Crippen LogP contribution is -2.13. The molecule has 6 nitrogen and oxygen atoms in total. The molecule has 0 amide bonds. The van der Waals surface area contributed by atoms with Crippen molar-refractivity contribution in [2.45, 2.75) is 18.4 Å². The zero-order chi connectivity index (χ0) is 14.0. The van der Waals surface area contributed by atoms with Gasteiger partial charge >= 0.3 is 0 Å². The SMILES string of the molecule is Cc1cnccc1NS(=O)(=O)c1cc(CN)n(C)c1. The van der Waals surface area contributed by atoms with Gasteiger partial charge in [-0.3, -0.25) is 9.71 Å². The van der Waals surface area contributed by atoms with Gasteiger partial charge in [-0.05, 0) is 24.6 Å². The van der Waals surface area contributed by atoms with Crippen LogP contribution in [0.15, 0.2) is 35.6 Å². The van der Waals surface area contributed by atoms with E-state index in [1.54, 1.807) is 49.3 Å². The summed E-state index contributed by atoms with van der Waals surface area (Å²) < 4.78 is 28.7. The number of nitrogens with two attached hydrogens (primary N) is 1. The minimum Gasteiger partial charge on any atom is -0.352 e. The quantitative estimate of drug-likeness (QED) is 0.873. The predicted octanol–water partition coefficient (Wildman–Crippen LogP) is 0.988. The smallest absolute Gasteiger partial charge is 0.263 e. The van der Waals surface area contributed by atoms with Crippen LogP contribution in [0.5, 0.6) is 0 Å². The van der Waals surface area contributed by atoms with Crippen LogP contribution in [0.25, 0.3) is 0 Å². The number of aryl methyl sites for hydroxylation is 2. The Kier molecular flexibility index (Phi) is 3.59. The Morgan fingerprint density at radius 3 is 2.79 bits per heavy atom. The summed E-state index contributed by atoms with van der Waals surface area (Å²) in [4.78, 5) is 4.12. The molecule has 0 aliphatic heterocycles. The molecule has 2 aromatic heterocycles. The zero-order valence-electron chi connectivity index (χ0n) is 10.8. The normalized spacial score (nSPS) is 11.5. The molecule has 102 valence electrons. The van der Waals surface area contributed by atoms with Gasteiger partial charge in [-0.25, -0.2) is 8.42 Å². The Morgan fingerprint density at radius 1 is 1.47 bits per heavy atom. The van der Waals surface area contributed by atoms with Crippen molar-refractivity contribution in [1.82, 2.24) is 9.55 Å². The molecule has 0 fully saturated rings. The second-order valence-electron chi connectivity index (χ2n) is 4.28. The van der Waals surface area contributed by atoms with Crippen molar-refractivity contribution in [2.24, 2.45) is 12.8 Å². The van der Waals surface area contributed by atoms with Gasteiger partial charge in [0.2, 0.25) is 0 Å². The molecule has 2 rings (SSSR count). The molecule has 0 aliphatic carbocycles. The topological polar surface area (TPSA) is 90.0 Å². The van der Waals surface area contributed by atoms with Crippen molar-refractivity contribution in [3.8, 4) is 0 Å². The van der Waals surface area contributed by atoms with Crippen LogP contribution in [0.3, 0.4) is 0 Å². The summed E-state index contributed by atoms with van der Waals surface area (Å²) in [6.07, 6.45) is 4.69. The lowest BCUT2D eigenvalue weighted by atomic mass is 10.3. The molecule has 0 atom stereocenters. The van der Waals surface area contributed by atoms with Crippen LogP contribution < -0.4 is 10.5 Å². The van der Waals surface area contributed by atoms with E-state index in [9.17, 15) is 8.42 Å². The van der Waals surface area contributed by atoms with Gasteiger partial charge in [0.05, 0.1) is 5.69 Å². The molecule has 0 aliphatic rings. The highest BCUT2D eigenvalue weighted by Crippen LogP contribution is 2.19. The molecule has 0 radical (unpaired) electrons. The lowest BCUT2D eigenvalue weighted by Gasteiger charge is -2.08. The van der Waals surface area contributed by atoms with E-state index in [1.807, 2.05) is 0 Å². The van der Waals surface area contributed by atoms with Crippen LogP contribution in [0.2, 0.25) is 0 Å². The van der Waals surface area contributed by atoms with Gasteiger partial charge in [-0.15, -0.1) is 0 Å². The fraction of sp³-hybridized carbons (Fsp3) is 0.250. The van der Waals surface area contributed by atoms with Crippen molar-refractivity contribution < 1.29 is 8.42 Å².